The lowest BCUT2D eigenvalue weighted by atomic mass is 10.0. The first-order valence-electron chi connectivity index (χ1n) is 9.76. The Morgan fingerprint density at radius 1 is 0.966 bits per heavy atom. The SMILES string of the molecule is Cc1ccc(C)c(Cn2c(CO)nc3ccc(-c4ccc(N(C)C)nc4)cc32)c1. The third-order valence-electron chi connectivity index (χ3n) is 5.34. The van der Waals surface area contributed by atoms with Crippen molar-refractivity contribution in [1.29, 1.82) is 0 Å². The number of imidazole rings is 1. The fraction of sp³-hybridized carbons (Fsp3) is 0.250. The Kier molecular flexibility index (Phi) is 5.07. The molecule has 2 aromatic heterocycles. The molecular formula is C24H26N4O. The van der Waals surface area contributed by atoms with Crippen molar-refractivity contribution in [3.05, 3.63) is 77.2 Å². The van der Waals surface area contributed by atoms with Crippen LogP contribution >= 0.6 is 0 Å². The fourth-order valence-electron chi connectivity index (χ4n) is 3.61. The number of fused-ring (bicyclic) bond motifs is 1. The minimum atomic E-state index is -0.0893. The molecular weight excluding hydrogens is 360 g/mol. The second-order valence-corrected chi connectivity index (χ2v) is 7.71. The van der Waals surface area contributed by atoms with Crippen molar-refractivity contribution in [2.75, 3.05) is 19.0 Å². The Bertz CT molecular complexity index is 1160. The molecule has 0 saturated carbocycles. The zero-order valence-corrected chi connectivity index (χ0v) is 17.3. The summed E-state index contributed by atoms with van der Waals surface area (Å²) in [5.74, 6) is 1.61. The smallest absolute Gasteiger partial charge is 0.136 e. The molecule has 0 aliphatic heterocycles. The van der Waals surface area contributed by atoms with E-state index in [0.717, 1.165) is 28.0 Å². The van der Waals surface area contributed by atoms with E-state index in [2.05, 4.69) is 64.8 Å². The first-order chi connectivity index (χ1) is 14.0. The minimum Gasteiger partial charge on any atom is -0.388 e. The van der Waals surface area contributed by atoms with Gasteiger partial charge in [-0.05, 0) is 54.8 Å². The lowest BCUT2D eigenvalue weighted by Gasteiger charge is -2.13. The van der Waals surface area contributed by atoms with Gasteiger partial charge in [0, 0.05) is 32.4 Å². The molecule has 2 heterocycles. The van der Waals surface area contributed by atoms with Gasteiger partial charge in [-0.1, -0.05) is 29.8 Å². The Morgan fingerprint density at radius 2 is 1.76 bits per heavy atom. The number of aliphatic hydroxyl groups excluding tert-OH is 1. The molecule has 0 spiro atoms. The molecule has 5 heteroatoms. The summed E-state index contributed by atoms with van der Waals surface area (Å²) < 4.78 is 2.11. The number of anilines is 1. The average Bonchev–Trinajstić information content (AvgIpc) is 3.07. The van der Waals surface area contributed by atoms with Crippen LogP contribution in [0.3, 0.4) is 0 Å². The molecule has 0 atom stereocenters. The summed E-state index contributed by atoms with van der Waals surface area (Å²) in [6.45, 7) is 4.81. The molecule has 0 aliphatic carbocycles. The number of aromatic nitrogens is 3. The summed E-state index contributed by atoms with van der Waals surface area (Å²) >= 11 is 0. The number of aliphatic hydroxyl groups is 1. The monoisotopic (exact) mass is 386 g/mol. The van der Waals surface area contributed by atoms with Gasteiger partial charge in [-0.15, -0.1) is 0 Å². The highest BCUT2D eigenvalue weighted by Crippen LogP contribution is 2.27. The van der Waals surface area contributed by atoms with Gasteiger partial charge in [0.2, 0.25) is 0 Å². The summed E-state index contributed by atoms with van der Waals surface area (Å²) in [4.78, 5) is 11.2. The predicted octanol–water partition coefficient (Wildman–Crippen LogP) is 4.32. The van der Waals surface area contributed by atoms with Gasteiger partial charge in [-0.3, -0.25) is 0 Å². The predicted molar refractivity (Wildman–Crippen MR) is 118 cm³/mol. The molecule has 29 heavy (non-hydrogen) atoms. The van der Waals surface area contributed by atoms with E-state index in [1.165, 1.54) is 16.7 Å². The van der Waals surface area contributed by atoms with Crippen LogP contribution in [0, 0.1) is 13.8 Å². The number of aryl methyl sites for hydroxylation is 2. The lowest BCUT2D eigenvalue weighted by molar-refractivity contribution is 0.267. The molecule has 2 aromatic carbocycles. The average molecular weight is 386 g/mol. The van der Waals surface area contributed by atoms with Crippen molar-refractivity contribution in [2.45, 2.75) is 27.0 Å². The highest BCUT2D eigenvalue weighted by Gasteiger charge is 2.13. The highest BCUT2D eigenvalue weighted by atomic mass is 16.3. The van der Waals surface area contributed by atoms with Crippen molar-refractivity contribution in [1.82, 2.24) is 14.5 Å². The van der Waals surface area contributed by atoms with Crippen LogP contribution in [0.15, 0.2) is 54.7 Å². The second kappa shape index (κ2) is 7.68. The standard InChI is InChI=1S/C24H26N4O/c1-16-5-6-17(2)20(11-16)14-28-22-12-18(7-9-21(22)26-24(28)15-29)19-8-10-23(25-13-19)27(3)4/h5-13,29H,14-15H2,1-4H3. The maximum absolute atomic E-state index is 9.89. The number of benzene rings is 2. The van der Waals surface area contributed by atoms with E-state index in [1.54, 1.807) is 0 Å². The van der Waals surface area contributed by atoms with Crippen LogP contribution in [0.1, 0.15) is 22.5 Å². The van der Waals surface area contributed by atoms with E-state index in [-0.39, 0.29) is 6.61 Å². The van der Waals surface area contributed by atoms with Crippen molar-refractivity contribution >= 4 is 16.9 Å². The van der Waals surface area contributed by atoms with E-state index < -0.39 is 0 Å². The molecule has 0 bridgehead atoms. The molecule has 0 saturated heterocycles. The Hall–Kier alpha value is -3.18. The van der Waals surface area contributed by atoms with Crippen LogP contribution in [0.25, 0.3) is 22.2 Å². The molecule has 0 fully saturated rings. The van der Waals surface area contributed by atoms with E-state index in [0.29, 0.717) is 12.4 Å². The number of rotatable bonds is 5. The highest BCUT2D eigenvalue weighted by molar-refractivity contribution is 5.83. The van der Waals surface area contributed by atoms with Gasteiger partial charge >= 0.3 is 0 Å². The normalized spacial score (nSPS) is 11.2. The first-order valence-corrected chi connectivity index (χ1v) is 9.76. The van der Waals surface area contributed by atoms with Gasteiger partial charge in [0.15, 0.2) is 0 Å². The van der Waals surface area contributed by atoms with Gasteiger partial charge in [-0.25, -0.2) is 9.97 Å². The Morgan fingerprint density at radius 3 is 2.45 bits per heavy atom. The topological polar surface area (TPSA) is 54.2 Å². The van der Waals surface area contributed by atoms with Crippen molar-refractivity contribution in [2.24, 2.45) is 0 Å². The number of hydrogen-bond donors (Lipinski definition) is 1. The zero-order valence-electron chi connectivity index (χ0n) is 17.3. The molecule has 0 unspecified atom stereocenters. The second-order valence-electron chi connectivity index (χ2n) is 7.71. The lowest BCUT2D eigenvalue weighted by Crippen LogP contribution is -2.10. The van der Waals surface area contributed by atoms with Gasteiger partial charge in [0.1, 0.15) is 18.2 Å². The molecule has 0 amide bonds. The maximum Gasteiger partial charge on any atom is 0.136 e. The summed E-state index contributed by atoms with van der Waals surface area (Å²) in [6.07, 6.45) is 1.90. The zero-order chi connectivity index (χ0) is 20.5. The van der Waals surface area contributed by atoms with Gasteiger partial charge in [0.05, 0.1) is 11.0 Å². The molecule has 148 valence electrons. The quantitative estimate of drug-likeness (QED) is 0.555. The molecule has 4 rings (SSSR count). The van der Waals surface area contributed by atoms with Crippen molar-refractivity contribution < 1.29 is 5.11 Å². The Labute approximate surface area is 171 Å². The van der Waals surface area contributed by atoms with E-state index in [9.17, 15) is 5.11 Å². The molecule has 1 N–H and O–H groups in total. The summed E-state index contributed by atoms with van der Waals surface area (Å²) in [5.41, 5.74) is 7.75. The molecule has 0 radical (unpaired) electrons. The third kappa shape index (κ3) is 3.74. The molecule has 4 aromatic rings. The number of pyridine rings is 1. The largest absolute Gasteiger partial charge is 0.388 e. The van der Waals surface area contributed by atoms with Gasteiger partial charge < -0.3 is 14.6 Å². The van der Waals surface area contributed by atoms with E-state index >= 15 is 0 Å². The fourth-order valence-corrected chi connectivity index (χ4v) is 3.61. The van der Waals surface area contributed by atoms with E-state index in [4.69, 9.17) is 0 Å². The minimum absolute atomic E-state index is 0.0893. The van der Waals surface area contributed by atoms with Crippen LogP contribution in [0.4, 0.5) is 5.82 Å². The van der Waals surface area contributed by atoms with Crippen LogP contribution in [-0.4, -0.2) is 33.7 Å². The molecule has 5 nitrogen and oxygen atoms in total. The Balaban J connectivity index is 1.79. The molecule has 0 aliphatic rings. The van der Waals surface area contributed by atoms with Gasteiger partial charge in [-0.2, -0.15) is 0 Å². The maximum atomic E-state index is 9.89. The number of hydrogen-bond acceptors (Lipinski definition) is 4. The van der Waals surface area contributed by atoms with Gasteiger partial charge in [0.25, 0.3) is 0 Å². The van der Waals surface area contributed by atoms with Crippen molar-refractivity contribution in [3.63, 3.8) is 0 Å². The van der Waals surface area contributed by atoms with Crippen LogP contribution in [-0.2, 0) is 13.2 Å². The number of nitrogens with zero attached hydrogens (tertiary/aromatic N) is 4. The summed E-state index contributed by atoms with van der Waals surface area (Å²) in [6, 6.07) is 16.8. The summed E-state index contributed by atoms with van der Waals surface area (Å²) in [5, 5.41) is 9.89. The summed E-state index contributed by atoms with van der Waals surface area (Å²) in [7, 11) is 3.96. The van der Waals surface area contributed by atoms with Crippen molar-refractivity contribution in [3.8, 4) is 11.1 Å². The van der Waals surface area contributed by atoms with Crippen LogP contribution in [0.2, 0.25) is 0 Å². The van der Waals surface area contributed by atoms with Crippen LogP contribution < -0.4 is 4.90 Å². The van der Waals surface area contributed by atoms with Crippen LogP contribution in [0.5, 0.6) is 0 Å². The first kappa shape index (κ1) is 19.2. The third-order valence-corrected chi connectivity index (χ3v) is 5.34. The van der Waals surface area contributed by atoms with E-state index in [1.807, 2.05) is 37.3 Å².